The molecule has 0 radical (unpaired) electrons. The van der Waals surface area contributed by atoms with E-state index in [1.165, 1.54) is 0 Å². The van der Waals surface area contributed by atoms with Gasteiger partial charge in [0.15, 0.2) is 0 Å². The van der Waals surface area contributed by atoms with Crippen LogP contribution in [0.25, 0.3) is 0 Å². The monoisotopic (exact) mass is 182 g/mol. The van der Waals surface area contributed by atoms with Crippen LogP contribution in [0.1, 0.15) is 33.1 Å². The predicted molar refractivity (Wildman–Crippen MR) is 46.2 cm³/mol. The highest BCUT2D eigenvalue weighted by Gasteiger charge is 2.77. The smallest absolute Gasteiger partial charge is 0.310 e. The summed E-state index contributed by atoms with van der Waals surface area (Å²) in [7, 11) is 0. The molecule has 0 amide bonds. The molecule has 2 bridgehead atoms. The molecule has 0 aromatic rings. The number of carboxylic acids is 1. The van der Waals surface area contributed by atoms with Gasteiger partial charge in [0.1, 0.15) is 6.29 Å². The highest BCUT2D eigenvalue weighted by molar-refractivity contribution is 5.83. The Bertz CT molecular complexity index is 295. The topological polar surface area (TPSA) is 54.4 Å². The van der Waals surface area contributed by atoms with Crippen molar-refractivity contribution < 1.29 is 14.7 Å². The van der Waals surface area contributed by atoms with Gasteiger partial charge in [-0.05, 0) is 24.7 Å². The molecule has 3 heteroatoms. The molecule has 3 aliphatic rings. The van der Waals surface area contributed by atoms with Crippen LogP contribution in [0.2, 0.25) is 0 Å². The first-order chi connectivity index (χ1) is 5.92. The lowest BCUT2D eigenvalue weighted by atomic mass is 9.43. The Labute approximate surface area is 77.1 Å². The van der Waals surface area contributed by atoms with Crippen LogP contribution < -0.4 is 0 Å². The molecule has 72 valence electrons. The minimum atomic E-state index is -0.729. The van der Waals surface area contributed by atoms with Gasteiger partial charge in [0.05, 0.1) is 5.41 Å². The first-order valence-electron chi connectivity index (χ1n) is 4.62. The number of rotatable bonds is 2. The minimum absolute atomic E-state index is 0.342. The molecule has 0 saturated heterocycles. The summed E-state index contributed by atoms with van der Waals surface area (Å²) in [4.78, 5) is 22.1. The van der Waals surface area contributed by atoms with Gasteiger partial charge in [-0.3, -0.25) is 4.79 Å². The van der Waals surface area contributed by atoms with E-state index in [2.05, 4.69) is 0 Å². The van der Waals surface area contributed by atoms with Crippen molar-refractivity contribution in [1.82, 2.24) is 0 Å². The van der Waals surface area contributed by atoms with Gasteiger partial charge in [0.2, 0.25) is 0 Å². The van der Waals surface area contributed by atoms with E-state index < -0.39 is 11.4 Å². The standard InChI is InChI=1S/C10H14O3/c1-8(2)9(6-11)3-4-10(8,5-9)7(12)13/h6H,3-5H2,1-2H3,(H,12,13)/t9-,10-/m0/s1. The molecule has 3 rings (SSSR count). The molecule has 0 aromatic heterocycles. The second kappa shape index (κ2) is 1.97. The summed E-state index contributed by atoms with van der Waals surface area (Å²) in [6.45, 7) is 3.82. The van der Waals surface area contributed by atoms with Crippen LogP contribution in [0.15, 0.2) is 0 Å². The number of carboxylic acid groups (broad SMARTS) is 1. The SMILES string of the molecule is CC1(C)[C@@]2(C=O)CC[C@@]1(C(=O)O)C2. The van der Waals surface area contributed by atoms with Crippen molar-refractivity contribution in [2.45, 2.75) is 33.1 Å². The van der Waals surface area contributed by atoms with Crippen LogP contribution in [0.3, 0.4) is 0 Å². The first-order valence-corrected chi connectivity index (χ1v) is 4.62. The lowest BCUT2D eigenvalue weighted by Crippen LogP contribution is -2.60. The fourth-order valence-electron chi connectivity index (χ4n) is 3.29. The third-order valence-electron chi connectivity index (χ3n) is 4.69. The van der Waals surface area contributed by atoms with E-state index >= 15 is 0 Å². The van der Waals surface area contributed by atoms with E-state index in [-0.39, 0.29) is 10.8 Å². The van der Waals surface area contributed by atoms with Gasteiger partial charge in [0, 0.05) is 5.41 Å². The Kier molecular flexibility index (Phi) is 1.32. The summed E-state index contributed by atoms with van der Waals surface area (Å²) in [6, 6.07) is 0. The van der Waals surface area contributed by atoms with Crippen molar-refractivity contribution in [2.75, 3.05) is 0 Å². The maximum Gasteiger partial charge on any atom is 0.310 e. The molecule has 3 nitrogen and oxygen atoms in total. The quantitative estimate of drug-likeness (QED) is 0.658. The van der Waals surface area contributed by atoms with Crippen LogP contribution in [-0.4, -0.2) is 17.4 Å². The van der Waals surface area contributed by atoms with Gasteiger partial charge in [-0.15, -0.1) is 0 Å². The van der Waals surface area contributed by atoms with Crippen molar-refractivity contribution in [3.63, 3.8) is 0 Å². The number of aldehydes is 1. The lowest BCUT2D eigenvalue weighted by molar-refractivity contribution is -0.185. The predicted octanol–water partition coefficient (Wildman–Crippen LogP) is 1.47. The molecule has 3 fully saturated rings. The highest BCUT2D eigenvalue weighted by Crippen LogP contribution is 2.76. The second-order valence-electron chi connectivity index (χ2n) is 4.96. The van der Waals surface area contributed by atoms with Crippen molar-refractivity contribution in [1.29, 1.82) is 0 Å². The number of hydrogen-bond donors (Lipinski definition) is 1. The van der Waals surface area contributed by atoms with Crippen LogP contribution >= 0.6 is 0 Å². The van der Waals surface area contributed by atoms with Crippen LogP contribution in [0.4, 0.5) is 0 Å². The minimum Gasteiger partial charge on any atom is -0.481 e. The van der Waals surface area contributed by atoms with Gasteiger partial charge in [0.25, 0.3) is 0 Å². The Balaban J connectivity index is 2.44. The highest BCUT2D eigenvalue weighted by atomic mass is 16.4. The third-order valence-corrected chi connectivity index (χ3v) is 4.69. The van der Waals surface area contributed by atoms with Crippen molar-refractivity contribution in [2.24, 2.45) is 16.2 Å². The summed E-state index contributed by atoms with van der Waals surface area (Å²) in [5.74, 6) is -0.729. The molecule has 0 spiro atoms. The van der Waals surface area contributed by atoms with Gasteiger partial charge in [-0.25, -0.2) is 0 Å². The summed E-state index contributed by atoms with van der Waals surface area (Å²) in [5, 5.41) is 9.14. The molecule has 1 N–H and O–H groups in total. The largest absolute Gasteiger partial charge is 0.481 e. The van der Waals surface area contributed by atoms with Crippen molar-refractivity contribution in [3.05, 3.63) is 0 Å². The zero-order valence-corrected chi connectivity index (χ0v) is 7.96. The molecule has 13 heavy (non-hydrogen) atoms. The number of carbonyl (C=O) groups excluding carboxylic acids is 1. The summed E-state index contributed by atoms with van der Waals surface area (Å²) in [5.41, 5.74) is -1.31. The van der Waals surface area contributed by atoms with Crippen LogP contribution in [0, 0.1) is 16.2 Å². The number of fused-ring (bicyclic) bond motifs is 1. The fourth-order valence-corrected chi connectivity index (χ4v) is 3.29. The first kappa shape index (κ1) is 8.73. The molecular weight excluding hydrogens is 168 g/mol. The number of carbonyl (C=O) groups is 2. The van der Waals surface area contributed by atoms with E-state index in [0.717, 1.165) is 12.7 Å². The van der Waals surface area contributed by atoms with Gasteiger partial charge >= 0.3 is 5.97 Å². The average molecular weight is 182 g/mol. The molecule has 3 aliphatic carbocycles. The fraction of sp³-hybridized carbons (Fsp3) is 0.800. The average Bonchev–Trinajstić information content (AvgIpc) is 2.55. The van der Waals surface area contributed by atoms with E-state index in [4.69, 9.17) is 5.11 Å². The van der Waals surface area contributed by atoms with E-state index in [1.54, 1.807) is 0 Å². The van der Waals surface area contributed by atoms with E-state index in [9.17, 15) is 9.59 Å². The Hall–Kier alpha value is -0.860. The third kappa shape index (κ3) is 0.607. The van der Waals surface area contributed by atoms with Crippen molar-refractivity contribution in [3.8, 4) is 0 Å². The van der Waals surface area contributed by atoms with Gasteiger partial charge in [-0.1, -0.05) is 13.8 Å². The lowest BCUT2D eigenvalue weighted by Gasteiger charge is -2.57. The zero-order valence-electron chi connectivity index (χ0n) is 7.96. The molecule has 0 aromatic carbocycles. The molecule has 0 unspecified atom stereocenters. The maximum absolute atomic E-state index is 11.1. The molecule has 0 aliphatic heterocycles. The van der Waals surface area contributed by atoms with E-state index in [0.29, 0.717) is 12.8 Å². The molecule has 2 atom stereocenters. The summed E-state index contributed by atoms with van der Waals surface area (Å²) in [6.07, 6.45) is 2.93. The Morgan fingerprint density at radius 1 is 1.38 bits per heavy atom. The molecule has 0 heterocycles. The Morgan fingerprint density at radius 2 is 2.00 bits per heavy atom. The molecule has 3 saturated carbocycles. The normalized spacial score (nSPS) is 45.4. The number of aliphatic carboxylic acids is 1. The van der Waals surface area contributed by atoms with E-state index in [1.807, 2.05) is 13.8 Å². The second-order valence-corrected chi connectivity index (χ2v) is 4.96. The van der Waals surface area contributed by atoms with Crippen molar-refractivity contribution >= 4 is 12.3 Å². The number of hydrogen-bond acceptors (Lipinski definition) is 2. The van der Waals surface area contributed by atoms with Gasteiger partial charge < -0.3 is 9.90 Å². The van der Waals surface area contributed by atoms with Crippen LogP contribution in [-0.2, 0) is 9.59 Å². The Morgan fingerprint density at radius 3 is 2.23 bits per heavy atom. The van der Waals surface area contributed by atoms with Gasteiger partial charge in [-0.2, -0.15) is 0 Å². The maximum atomic E-state index is 11.1. The zero-order chi connectivity index (χ0) is 9.91. The molecular formula is C10H14O3. The van der Waals surface area contributed by atoms with Crippen LogP contribution in [0.5, 0.6) is 0 Å². The summed E-state index contributed by atoms with van der Waals surface area (Å²) < 4.78 is 0. The summed E-state index contributed by atoms with van der Waals surface area (Å²) >= 11 is 0.